The van der Waals surface area contributed by atoms with Crippen LogP contribution in [0.5, 0.6) is 0 Å². The molecule has 1 aromatic rings. The van der Waals surface area contributed by atoms with Crippen molar-refractivity contribution in [2.45, 2.75) is 38.2 Å². The predicted molar refractivity (Wildman–Crippen MR) is 65.1 cm³/mol. The Bertz CT molecular complexity index is 260. The third-order valence-corrected chi connectivity index (χ3v) is 3.34. The molecule has 0 aromatic carbocycles. The first-order valence-corrected chi connectivity index (χ1v) is 6.72. The van der Waals surface area contributed by atoms with Crippen molar-refractivity contribution in [3.05, 3.63) is 5.82 Å². The molecule has 1 rings (SSSR count). The Morgan fingerprint density at radius 2 is 2.29 bits per heavy atom. The van der Waals surface area contributed by atoms with Gasteiger partial charge in [-0.05, 0) is 11.7 Å². The number of anilines is 1. The van der Waals surface area contributed by atoms with Gasteiger partial charge < -0.3 is 5.32 Å². The van der Waals surface area contributed by atoms with Crippen LogP contribution in [0, 0.1) is 0 Å². The fraction of sp³-hybridized carbons (Fsp3) is 0.778. The summed E-state index contributed by atoms with van der Waals surface area (Å²) >= 11 is 3.33. The molecule has 0 bridgehead atoms. The van der Waals surface area contributed by atoms with Crippen LogP contribution < -0.4 is 5.32 Å². The molecule has 1 aromatic heterocycles. The van der Waals surface area contributed by atoms with Gasteiger partial charge in [-0.2, -0.15) is 16.1 Å². The summed E-state index contributed by atoms with van der Waals surface area (Å²) < 4.78 is 4.29. The van der Waals surface area contributed by atoms with Gasteiger partial charge in [0.25, 0.3) is 0 Å². The maximum Gasteiger partial charge on any atom is 0.202 e. The zero-order valence-corrected chi connectivity index (χ0v) is 10.5. The summed E-state index contributed by atoms with van der Waals surface area (Å²) in [6.45, 7) is 7.50. The van der Waals surface area contributed by atoms with Crippen LogP contribution in [0.25, 0.3) is 0 Å². The van der Waals surface area contributed by atoms with Crippen molar-refractivity contribution < 1.29 is 0 Å². The lowest BCUT2D eigenvalue weighted by atomic mass is 10.5. The molecule has 0 spiro atoms. The Labute approximate surface area is 93.9 Å². The maximum atomic E-state index is 4.40. The number of hydrogen-bond donors (Lipinski definition) is 1. The summed E-state index contributed by atoms with van der Waals surface area (Å²) in [4.78, 5) is 4.40. The normalized spacial score (nSPS) is 10.9. The minimum absolute atomic E-state index is 0.644. The molecule has 1 N–H and O–H groups in total. The number of nitrogens with zero attached hydrogens (tertiary/aromatic N) is 2. The van der Waals surface area contributed by atoms with Gasteiger partial charge in [0.1, 0.15) is 0 Å². The minimum atomic E-state index is 0.644. The lowest BCUT2D eigenvalue weighted by molar-refractivity contribution is 0.972. The summed E-state index contributed by atoms with van der Waals surface area (Å²) in [5.74, 6) is 1.87. The average molecular weight is 231 g/mol. The first kappa shape index (κ1) is 11.8. The van der Waals surface area contributed by atoms with Crippen LogP contribution in [0.2, 0.25) is 0 Å². The molecule has 5 heteroatoms. The molecule has 14 heavy (non-hydrogen) atoms. The van der Waals surface area contributed by atoms with Gasteiger partial charge in [0.05, 0.1) is 5.75 Å². The van der Waals surface area contributed by atoms with Crippen molar-refractivity contribution in [3.8, 4) is 0 Å². The monoisotopic (exact) mass is 231 g/mol. The second-order valence-electron chi connectivity index (χ2n) is 3.30. The molecule has 1 heterocycles. The van der Waals surface area contributed by atoms with E-state index in [1.165, 1.54) is 11.5 Å². The number of aromatic nitrogens is 2. The van der Waals surface area contributed by atoms with E-state index in [0.717, 1.165) is 29.7 Å². The van der Waals surface area contributed by atoms with E-state index in [4.69, 9.17) is 0 Å². The van der Waals surface area contributed by atoms with Crippen LogP contribution >= 0.6 is 23.3 Å². The van der Waals surface area contributed by atoms with Crippen LogP contribution in [0.3, 0.4) is 0 Å². The van der Waals surface area contributed by atoms with E-state index >= 15 is 0 Å². The van der Waals surface area contributed by atoms with Crippen molar-refractivity contribution in [1.29, 1.82) is 0 Å². The van der Waals surface area contributed by atoms with Gasteiger partial charge in [-0.1, -0.05) is 20.8 Å². The Kier molecular flexibility index (Phi) is 5.25. The van der Waals surface area contributed by atoms with E-state index in [-0.39, 0.29) is 0 Å². The van der Waals surface area contributed by atoms with Crippen molar-refractivity contribution in [3.63, 3.8) is 0 Å². The molecule has 0 saturated carbocycles. The lowest BCUT2D eigenvalue weighted by Crippen LogP contribution is -1.99. The second kappa shape index (κ2) is 6.24. The molecular formula is C9H17N3S2. The summed E-state index contributed by atoms with van der Waals surface area (Å²) in [6, 6.07) is 0. The van der Waals surface area contributed by atoms with Crippen LogP contribution in [-0.2, 0) is 5.75 Å². The van der Waals surface area contributed by atoms with E-state index in [0.29, 0.717) is 5.25 Å². The topological polar surface area (TPSA) is 37.8 Å². The molecule has 0 unspecified atom stereocenters. The standard InChI is InChI=1S/C9H17N3S2/c1-4-5-10-9-11-8(12-14-9)6-13-7(2)3/h7H,4-6H2,1-3H3,(H,10,11,12). The minimum Gasteiger partial charge on any atom is -0.360 e. The second-order valence-corrected chi connectivity index (χ2v) is 5.62. The highest BCUT2D eigenvalue weighted by Crippen LogP contribution is 2.18. The first-order valence-electron chi connectivity index (χ1n) is 4.90. The van der Waals surface area contributed by atoms with E-state index < -0.39 is 0 Å². The fourth-order valence-corrected chi connectivity index (χ4v) is 2.16. The van der Waals surface area contributed by atoms with E-state index in [2.05, 4.69) is 35.4 Å². The molecule has 80 valence electrons. The molecule has 0 radical (unpaired) electrons. The highest BCUT2D eigenvalue weighted by atomic mass is 32.2. The van der Waals surface area contributed by atoms with Crippen LogP contribution in [0.1, 0.15) is 33.0 Å². The zero-order chi connectivity index (χ0) is 10.4. The average Bonchev–Trinajstić information content (AvgIpc) is 2.59. The van der Waals surface area contributed by atoms with E-state index in [1.54, 1.807) is 0 Å². The number of nitrogens with one attached hydrogen (secondary N) is 1. The van der Waals surface area contributed by atoms with Crippen LogP contribution in [0.15, 0.2) is 0 Å². The number of hydrogen-bond acceptors (Lipinski definition) is 5. The van der Waals surface area contributed by atoms with Crippen LogP contribution in [0.4, 0.5) is 5.13 Å². The predicted octanol–water partition coefficient (Wildman–Crippen LogP) is 3.00. The van der Waals surface area contributed by atoms with Crippen molar-refractivity contribution in [2.24, 2.45) is 0 Å². The molecule has 0 amide bonds. The molecule has 0 aliphatic rings. The van der Waals surface area contributed by atoms with Crippen molar-refractivity contribution in [2.75, 3.05) is 11.9 Å². The molecule has 3 nitrogen and oxygen atoms in total. The quantitative estimate of drug-likeness (QED) is 0.816. The summed E-state index contributed by atoms with van der Waals surface area (Å²) in [7, 11) is 0. The van der Waals surface area contributed by atoms with Crippen molar-refractivity contribution >= 4 is 28.4 Å². The van der Waals surface area contributed by atoms with Gasteiger partial charge >= 0.3 is 0 Å². The van der Waals surface area contributed by atoms with E-state index in [1.807, 2.05) is 11.8 Å². The third kappa shape index (κ3) is 4.28. The first-order chi connectivity index (χ1) is 6.72. The highest BCUT2D eigenvalue weighted by molar-refractivity contribution is 7.99. The Morgan fingerprint density at radius 1 is 1.50 bits per heavy atom. The molecule has 0 aliphatic carbocycles. The van der Waals surface area contributed by atoms with Gasteiger partial charge in [0, 0.05) is 18.1 Å². The fourth-order valence-electron chi connectivity index (χ4n) is 0.858. The maximum absolute atomic E-state index is 4.40. The molecule has 0 atom stereocenters. The molecule has 0 fully saturated rings. The van der Waals surface area contributed by atoms with Gasteiger partial charge in [-0.15, -0.1) is 0 Å². The number of rotatable bonds is 6. The van der Waals surface area contributed by atoms with E-state index in [9.17, 15) is 0 Å². The Hall–Kier alpha value is -0.290. The van der Waals surface area contributed by atoms with Crippen LogP contribution in [-0.4, -0.2) is 21.2 Å². The van der Waals surface area contributed by atoms with Gasteiger partial charge in [-0.25, -0.2) is 4.98 Å². The van der Waals surface area contributed by atoms with Gasteiger partial charge in [0.2, 0.25) is 5.13 Å². The van der Waals surface area contributed by atoms with Gasteiger partial charge in [0.15, 0.2) is 5.82 Å². The van der Waals surface area contributed by atoms with Gasteiger partial charge in [-0.3, -0.25) is 0 Å². The largest absolute Gasteiger partial charge is 0.360 e. The molecule has 0 aliphatic heterocycles. The highest BCUT2D eigenvalue weighted by Gasteiger charge is 2.04. The summed E-state index contributed by atoms with van der Waals surface area (Å²) in [5.41, 5.74) is 0. The molecular weight excluding hydrogens is 214 g/mol. The number of thioether (sulfide) groups is 1. The lowest BCUT2D eigenvalue weighted by Gasteiger charge is -2.00. The summed E-state index contributed by atoms with van der Waals surface area (Å²) in [5, 5.41) is 4.83. The third-order valence-electron chi connectivity index (χ3n) is 1.54. The molecule has 0 saturated heterocycles. The zero-order valence-electron chi connectivity index (χ0n) is 8.91. The summed E-state index contributed by atoms with van der Waals surface area (Å²) in [6.07, 6.45) is 1.12. The Balaban J connectivity index is 2.35. The SMILES string of the molecule is CCCNc1nc(CSC(C)C)ns1. The smallest absolute Gasteiger partial charge is 0.202 e. The Morgan fingerprint density at radius 3 is 2.93 bits per heavy atom. The van der Waals surface area contributed by atoms with Crippen molar-refractivity contribution in [1.82, 2.24) is 9.36 Å².